The van der Waals surface area contributed by atoms with E-state index in [1.54, 1.807) is 12.1 Å². The number of carbonyl (C=O) groups is 1. The van der Waals surface area contributed by atoms with Crippen molar-refractivity contribution in [2.24, 2.45) is 0 Å². The summed E-state index contributed by atoms with van der Waals surface area (Å²) in [6, 6.07) is 9.22. The van der Waals surface area contributed by atoms with Gasteiger partial charge in [-0.15, -0.1) is 0 Å². The summed E-state index contributed by atoms with van der Waals surface area (Å²) < 4.78 is 11.0. The zero-order valence-corrected chi connectivity index (χ0v) is 17.2. The Morgan fingerprint density at radius 3 is 2.00 bits per heavy atom. The van der Waals surface area contributed by atoms with Gasteiger partial charge in [0.1, 0.15) is 0 Å². The highest BCUT2D eigenvalue weighted by Crippen LogP contribution is 2.30. The second kappa shape index (κ2) is 13.8. The third kappa shape index (κ3) is 9.95. The van der Waals surface area contributed by atoms with E-state index in [1.807, 2.05) is 18.2 Å². The fraction of sp³-hybridized carbons (Fsp3) is 0.708. The van der Waals surface area contributed by atoms with E-state index in [0.29, 0.717) is 24.4 Å². The van der Waals surface area contributed by atoms with Crippen LogP contribution >= 0.6 is 0 Å². The zero-order chi connectivity index (χ0) is 19.2. The molecule has 0 saturated carbocycles. The Hall–Kier alpha value is -1.35. The molecule has 0 spiro atoms. The predicted molar refractivity (Wildman–Crippen MR) is 111 cm³/mol. The van der Waals surface area contributed by atoms with Crippen LogP contribution < -0.4 is 0 Å². The van der Waals surface area contributed by atoms with Gasteiger partial charge in [-0.3, -0.25) is 0 Å². The highest BCUT2D eigenvalue weighted by molar-refractivity contribution is 5.89. The molecule has 1 aromatic carbocycles. The summed E-state index contributed by atoms with van der Waals surface area (Å²) in [5.74, 6) is -0.204. The lowest BCUT2D eigenvalue weighted by molar-refractivity contribution is 0.0497. The number of unbranched alkanes of at least 4 members (excludes halogenated alkanes) is 9. The third-order valence-corrected chi connectivity index (χ3v) is 5.39. The number of rotatable bonds is 16. The van der Waals surface area contributed by atoms with E-state index in [-0.39, 0.29) is 5.97 Å². The lowest BCUT2D eigenvalue weighted by Crippen LogP contribution is -2.06. The molecule has 0 bridgehead atoms. The standard InChI is InChI=1S/C24H38O3/c1-2-16-22-23(27-22)19-14-9-7-5-3-4-6-8-10-15-20-26-24(25)21-17-12-11-13-18-21/h11-13,17-18,22-23H,2-10,14-16,19-20H2,1H3. The van der Waals surface area contributed by atoms with Gasteiger partial charge in [-0.05, 0) is 31.4 Å². The number of esters is 1. The van der Waals surface area contributed by atoms with Crippen molar-refractivity contribution < 1.29 is 14.3 Å². The lowest BCUT2D eigenvalue weighted by atomic mass is 10.0. The van der Waals surface area contributed by atoms with Gasteiger partial charge in [0.05, 0.1) is 24.4 Å². The summed E-state index contributed by atoms with van der Waals surface area (Å²) in [7, 11) is 0. The van der Waals surface area contributed by atoms with Crippen LogP contribution in [-0.2, 0) is 9.47 Å². The summed E-state index contributed by atoms with van der Waals surface area (Å²) in [6.45, 7) is 2.77. The summed E-state index contributed by atoms with van der Waals surface area (Å²) in [4.78, 5) is 11.8. The molecule has 0 N–H and O–H groups in total. The van der Waals surface area contributed by atoms with Crippen molar-refractivity contribution >= 4 is 5.97 Å². The molecule has 1 aliphatic rings. The largest absolute Gasteiger partial charge is 0.462 e. The predicted octanol–water partition coefficient (Wildman–Crippen LogP) is 6.70. The van der Waals surface area contributed by atoms with Crippen LogP contribution in [0.1, 0.15) is 101 Å². The van der Waals surface area contributed by atoms with Crippen molar-refractivity contribution in [2.75, 3.05) is 6.61 Å². The summed E-state index contributed by atoms with van der Waals surface area (Å²) in [6.07, 6.45) is 17.8. The fourth-order valence-corrected chi connectivity index (χ4v) is 3.66. The molecule has 0 aliphatic carbocycles. The molecule has 0 radical (unpaired) electrons. The highest BCUT2D eigenvalue weighted by atomic mass is 16.6. The summed E-state index contributed by atoms with van der Waals surface area (Å²) in [5, 5.41) is 0. The Morgan fingerprint density at radius 1 is 0.815 bits per heavy atom. The normalized spacial score (nSPS) is 18.4. The maximum atomic E-state index is 11.8. The molecule has 1 saturated heterocycles. The van der Waals surface area contributed by atoms with Crippen LogP contribution in [0.15, 0.2) is 30.3 Å². The maximum Gasteiger partial charge on any atom is 0.338 e. The van der Waals surface area contributed by atoms with Crippen LogP contribution in [-0.4, -0.2) is 24.8 Å². The van der Waals surface area contributed by atoms with Gasteiger partial charge in [0, 0.05) is 0 Å². The molecule has 0 amide bonds. The van der Waals surface area contributed by atoms with Crippen molar-refractivity contribution in [1.29, 1.82) is 0 Å². The second-order valence-corrected chi connectivity index (χ2v) is 7.83. The molecule has 0 aromatic heterocycles. The van der Waals surface area contributed by atoms with E-state index < -0.39 is 0 Å². The van der Waals surface area contributed by atoms with Crippen molar-refractivity contribution in [3.8, 4) is 0 Å². The van der Waals surface area contributed by atoms with Crippen LogP contribution in [0.4, 0.5) is 0 Å². The van der Waals surface area contributed by atoms with Gasteiger partial charge in [-0.2, -0.15) is 0 Å². The first-order valence-electron chi connectivity index (χ1n) is 11.2. The summed E-state index contributed by atoms with van der Waals surface area (Å²) >= 11 is 0. The Labute approximate surface area is 165 Å². The van der Waals surface area contributed by atoms with E-state index in [4.69, 9.17) is 9.47 Å². The molecule has 2 rings (SSSR count). The minimum absolute atomic E-state index is 0.204. The molecule has 1 heterocycles. The van der Waals surface area contributed by atoms with Crippen LogP contribution in [0.3, 0.4) is 0 Å². The molecular formula is C24H38O3. The Balaban J connectivity index is 1.28. The van der Waals surface area contributed by atoms with Gasteiger partial charge in [-0.1, -0.05) is 89.3 Å². The van der Waals surface area contributed by atoms with Gasteiger partial charge in [-0.25, -0.2) is 4.79 Å². The molecule has 3 nitrogen and oxygen atoms in total. The fourth-order valence-electron chi connectivity index (χ4n) is 3.66. The molecule has 3 heteroatoms. The first-order valence-corrected chi connectivity index (χ1v) is 11.2. The Morgan fingerprint density at radius 2 is 1.37 bits per heavy atom. The number of hydrogen-bond acceptors (Lipinski definition) is 3. The third-order valence-electron chi connectivity index (χ3n) is 5.39. The number of ether oxygens (including phenoxy) is 2. The Bertz CT molecular complexity index is 500. The zero-order valence-electron chi connectivity index (χ0n) is 17.2. The number of epoxide rings is 1. The van der Waals surface area contributed by atoms with Gasteiger partial charge in [0.25, 0.3) is 0 Å². The quantitative estimate of drug-likeness (QED) is 0.183. The molecule has 2 unspecified atom stereocenters. The van der Waals surface area contributed by atoms with E-state index in [2.05, 4.69) is 6.92 Å². The SMILES string of the molecule is CCCC1OC1CCCCCCCCCCCCOC(=O)c1ccccc1. The lowest BCUT2D eigenvalue weighted by Gasteiger charge is -2.05. The van der Waals surface area contributed by atoms with Gasteiger partial charge >= 0.3 is 5.97 Å². The minimum Gasteiger partial charge on any atom is -0.462 e. The van der Waals surface area contributed by atoms with Crippen LogP contribution in [0.2, 0.25) is 0 Å². The molecular weight excluding hydrogens is 336 g/mol. The Kier molecular flexibility index (Phi) is 11.2. The van der Waals surface area contributed by atoms with Crippen molar-refractivity contribution in [3.05, 3.63) is 35.9 Å². The second-order valence-electron chi connectivity index (χ2n) is 7.83. The van der Waals surface area contributed by atoms with Gasteiger partial charge in [0.15, 0.2) is 0 Å². The van der Waals surface area contributed by atoms with Gasteiger partial charge < -0.3 is 9.47 Å². The number of benzene rings is 1. The van der Waals surface area contributed by atoms with Gasteiger partial charge in [0.2, 0.25) is 0 Å². The first-order chi connectivity index (χ1) is 13.3. The van der Waals surface area contributed by atoms with Crippen molar-refractivity contribution in [1.82, 2.24) is 0 Å². The van der Waals surface area contributed by atoms with E-state index >= 15 is 0 Å². The maximum absolute atomic E-state index is 11.8. The molecule has 2 atom stereocenters. The molecule has 1 aliphatic heterocycles. The highest BCUT2D eigenvalue weighted by Gasteiger charge is 2.36. The molecule has 1 aromatic rings. The van der Waals surface area contributed by atoms with Crippen LogP contribution in [0, 0.1) is 0 Å². The van der Waals surface area contributed by atoms with Crippen LogP contribution in [0.5, 0.6) is 0 Å². The number of hydrogen-bond donors (Lipinski definition) is 0. The minimum atomic E-state index is -0.204. The van der Waals surface area contributed by atoms with Crippen LogP contribution in [0.25, 0.3) is 0 Å². The van der Waals surface area contributed by atoms with E-state index in [1.165, 1.54) is 70.6 Å². The van der Waals surface area contributed by atoms with E-state index in [9.17, 15) is 4.79 Å². The smallest absolute Gasteiger partial charge is 0.338 e. The first kappa shape index (κ1) is 21.9. The average molecular weight is 375 g/mol. The monoisotopic (exact) mass is 374 g/mol. The number of carbonyl (C=O) groups excluding carboxylic acids is 1. The van der Waals surface area contributed by atoms with Crippen molar-refractivity contribution in [2.45, 2.75) is 103 Å². The average Bonchev–Trinajstić information content (AvgIpc) is 3.44. The summed E-state index contributed by atoms with van der Waals surface area (Å²) in [5.41, 5.74) is 0.642. The molecule has 27 heavy (non-hydrogen) atoms. The van der Waals surface area contributed by atoms with E-state index in [0.717, 1.165) is 12.8 Å². The molecule has 152 valence electrons. The van der Waals surface area contributed by atoms with Crippen molar-refractivity contribution in [3.63, 3.8) is 0 Å². The topological polar surface area (TPSA) is 38.8 Å². The molecule has 1 fully saturated rings.